The van der Waals surface area contributed by atoms with E-state index in [1.165, 1.54) is 51.2 Å². The minimum atomic E-state index is -1.12. The SMILES string of the molecule is CCCCN(CCCCC[SiH](N(C)C)N(C)C)[Si](C)(C)C. The molecule has 0 aromatic rings. The average Bonchev–Trinajstić information content (AvgIpc) is 2.34. The molecule has 5 heteroatoms. The first-order chi connectivity index (χ1) is 9.70. The summed E-state index contributed by atoms with van der Waals surface area (Å²) in [5.41, 5.74) is 0. The summed E-state index contributed by atoms with van der Waals surface area (Å²) >= 11 is 0. The topological polar surface area (TPSA) is 9.72 Å². The van der Waals surface area contributed by atoms with Crippen LogP contribution in [0, 0.1) is 0 Å². The first kappa shape index (κ1) is 21.3. The molecule has 0 saturated heterocycles. The van der Waals surface area contributed by atoms with Crippen LogP contribution in [-0.4, -0.2) is 72.3 Å². The average molecular weight is 332 g/mol. The lowest BCUT2D eigenvalue weighted by molar-refractivity contribution is 0.397. The fourth-order valence-electron chi connectivity index (χ4n) is 2.92. The first-order valence-electron chi connectivity index (χ1n) is 8.78. The van der Waals surface area contributed by atoms with Crippen LogP contribution in [-0.2, 0) is 0 Å². The van der Waals surface area contributed by atoms with Crippen molar-refractivity contribution in [2.75, 3.05) is 41.3 Å². The third-order valence-corrected chi connectivity index (χ3v) is 9.97. The van der Waals surface area contributed by atoms with E-state index in [9.17, 15) is 0 Å². The second-order valence-corrected chi connectivity index (χ2v) is 16.3. The lowest BCUT2D eigenvalue weighted by Gasteiger charge is -2.34. The van der Waals surface area contributed by atoms with Crippen molar-refractivity contribution in [3.05, 3.63) is 0 Å². The molecule has 21 heavy (non-hydrogen) atoms. The van der Waals surface area contributed by atoms with Crippen molar-refractivity contribution in [3.63, 3.8) is 0 Å². The van der Waals surface area contributed by atoms with Gasteiger partial charge in [0.25, 0.3) is 0 Å². The van der Waals surface area contributed by atoms with Crippen LogP contribution in [0.3, 0.4) is 0 Å². The Morgan fingerprint density at radius 3 is 1.71 bits per heavy atom. The summed E-state index contributed by atoms with van der Waals surface area (Å²) in [6, 6.07) is 1.42. The molecule has 0 aliphatic heterocycles. The van der Waals surface area contributed by atoms with Gasteiger partial charge in [-0.1, -0.05) is 45.8 Å². The van der Waals surface area contributed by atoms with Crippen LogP contribution in [0.4, 0.5) is 0 Å². The van der Waals surface area contributed by atoms with Crippen LogP contribution < -0.4 is 0 Å². The lowest BCUT2D eigenvalue weighted by Crippen LogP contribution is -2.47. The van der Waals surface area contributed by atoms with Gasteiger partial charge in [-0.05, 0) is 60.2 Å². The highest BCUT2D eigenvalue weighted by Crippen LogP contribution is 2.14. The summed E-state index contributed by atoms with van der Waals surface area (Å²) in [7, 11) is 7.02. The smallest absolute Gasteiger partial charge is 0.189 e. The largest absolute Gasteiger partial charge is 0.324 e. The van der Waals surface area contributed by atoms with Gasteiger partial charge in [-0.25, -0.2) is 0 Å². The van der Waals surface area contributed by atoms with Gasteiger partial charge in [-0.3, -0.25) is 0 Å². The zero-order valence-corrected chi connectivity index (χ0v) is 18.2. The highest BCUT2D eigenvalue weighted by molar-refractivity contribution is 6.73. The predicted octanol–water partition coefficient (Wildman–Crippen LogP) is 3.44. The Morgan fingerprint density at radius 2 is 1.29 bits per heavy atom. The van der Waals surface area contributed by atoms with Crippen LogP contribution in [0.15, 0.2) is 0 Å². The molecule has 0 saturated carbocycles. The molecule has 0 aromatic carbocycles. The monoisotopic (exact) mass is 331 g/mol. The molecule has 0 fully saturated rings. The molecule has 0 N–H and O–H groups in total. The molecule has 0 atom stereocenters. The van der Waals surface area contributed by atoms with E-state index in [4.69, 9.17) is 0 Å². The van der Waals surface area contributed by atoms with Crippen LogP contribution in [0.2, 0.25) is 25.7 Å². The zero-order valence-electron chi connectivity index (χ0n) is 16.1. The molecule has 0 unspecified atom stereocenters. The number of unbranched alkanes of at least 4 members (excludes halogenated alkanes) is 3. The highest BCUT2D eigenvalue weighted by Gasteiger charge is 2.22. The second-order valence-electron chi connectivity index (χ2n) is 7.77. The van der Waals surface area contributed by atoms with Gasteiger partial charge >= 0.3 is 0 Å². The molecule has 3 nitrogen and oxygen atoms in total. The minimum Gasteiger partial charge on any atom is -0.324 e. The molecular formula is C16H41N3Si2. The van der Waals surface area contributed by atoms with Gasteiger partial charge in [0.2, 0.25) is 0 Å². The second kappa shape index (κ2) is 10.9. The van der Waals surface area contributed by atoms with E-state index in [-0.39, 0.29) is 0 Å². The Bertz CT molecular complexity index is 244. The van der Waals surface area contributed by atoms with Gasteiger partial charge in [0.15, 0.2) is 9.12 Å². The van der Waals surface area contributed by atoms with Crippen LogP contribution in [0.25, 0.3) is 0 Å². The molecule has 0 aromatic heterocycles. The lowest BCUT2D eigenvalue weighted by atomic mass is 10.2. The number of rotatable bonds is 12. The van der Waals surface area contributed by atoms with Gasteiger partial charge in [0.05, 0.1) is 0 Å². The van der Waals surface area contributed by atoms with Gasteiger partial charge in [0.1, 0.15) is 8.24 Å². The molecule has 128 valence electrons. The maximum atomic E-state index is 2.81. The van der Waals surface area contributed by atoms with Crippen molar-refractivity contribution in [1.82, 2.24) is 13.7 Å². The van der Waals surface area contributed by atoms with E-state index in [2.05, 4.69) is 68.5 Å². The Kier molecular flexibility index (Phi) is 11.1. The predicted molar refractivity (Wildman–Crippen MR) is 103 cm³/mol. The molecular weight excluding hydrogens is 290 g/mol. The normalized spacial score (nSPS) is 13.1. The maximum Gasteiger partial charge on any atom is 0.189 e. The van der Waals surface area contributed by atoms with Crippen molar-refractivity contribution < 1.29 is 0 Å². The van der Waals surface area contributed by atoms with Crippen LogP contribution in [0.1, 0.15) is 39.0 Å². The maximum absolute atomic E-state index is 2.81. The van der Waals surface area contributed by atoms with Gasteiger partial charge in [-0.2, -0.15) is 0 Å². The van der Waals surface area contributed by atoms with Gasteiger partial charge < -0.3 is 13.7 Å². The molecule has 0 aliphatic rings. The molecule has 0 aliphatic carbocycles. The first-order valence-corrected chi connectivity index (χ1v) is 14.1. The fourth-order valence-corrected chi connectivity index (χ4v) is 7.18. The zero-order chi connectivity index (χ0) is 16.5. The summed E-state index contributed by atoms with van der Waals surface area (Å²) in [5, 5.41) is 0. The number of hydrogen-bond donors (Lipinski definition) is 0. The van der Waals surface area contributed by atoms with E-state index in [0.29, 0.717) is 0 Å². The number of nitrogens with zero attached hydrogens (tertiary/aromatic N) is 3. The Labute approximate surface area is 137 Å². The highest BCUT2D eigenvalue weighted by atomic mass is 28.3. The van der Waals surface area contributed by atoms with Gasteiger partial charge in [-0.15, -0.1) is 0 Å². The Morgan fingerprint density at radius 1 is 0.762 bits per heavy atom. The number of hydrogen-bond acceptors (Lipinski definition) is 3. The fraction of sp³-hybridized carbons (Fsp3) is 1.00. The standard InChI is InChI=1S/C16H41N3Si2/c1-9-10-14-19(21(6,7)8)15-12-11-13-16-20(17(2)3)18(4)5/h20H,9-16H2,1-8H3. The van der Waals surface area contributed by atoms with Crippen molar-refractivity contribution in [1.29, 1.82) is 0 Å². The molecule has 0 heterocycles. The molecule has 0 rings (SSSR count). The summed E-state index contributed by atoms with van der Waals surface area (Å²) in [4.78, 5) is 0. The van der Waals surface area contributed by atoms with Crippen molar-refractivity contribution >= 4 is 17.4 Å². The molecule has 0 amide bonds. The van der Waals surface area contributed by atoms with Crippen LogP contribution in [0.5, 0.6) is 0 Å². The van der Waals surface area contributed by atoms with E-state index in [0.717, 1.165) is 0 Å². The molecule has 0 spiro atoms. The van der Waals surface area contributed by atoms with Gasteiger partial charge in [0, 0.05) is 0 Å². The van der Waals surface area contributed by atoms with Crippen molar-refractivity contribution in [3.8, 4) is 0 Å². The summed E-state index contributed by atoms with van der Waals surface area (Å²) in [6.45, 7) is 12.4. The summed E-state index contributed by atoms with van der Waals surface area (Å²) in [6.07, 6.45) is 6.87. The summed E-state index contributed by atoms with van der Waals surface area (Å²) in [5.74, 6) is 0. The summed E-state index contributed by atoms with van der Waals surface area (Å²) < 4.78 is 7.74. The quantitative estimate of drug-likeness (QED) is 0.401. The van der Waals surface area contributed by atoms with Crippen LogP contribution >= 0.6 is 0 Å². The molecule has 0 radical (unpaired) electrons. The van der Waals surface area contributed by atoms with E-state index >= 15 is 0 Å². The Balaban J connectivity index is 3.99. The third-order valence-electron chi connectivity index (χ3n) is 4.31. The van der Waals surface area contributed by atoms with Crippen molar-refractivity contribution in [2.24, 2.45) is 0 Å². The van der Waals surface area contributed by atoms with E-state index in [1.807, 2.05) is 0 Å². The van der Waals surface area contributed by atoms with E-state index < -0.39 is 17.4 Å². The minimum absolute atomic E-state index is 0.838. The Hall–Kier alpha value is 0.314. The van der Waals surface area contributed by atoms with E-state index in [1.54, 1.807) is 0 Å². The third kappa shape index (κ3) is 9.84. The molecule has 0 bridgehead atoms. The van der Waals surface area contributed by atoms with Crippen molar-refractivity contribution in [2.45, 2.75) is 64.7 Å².